The average Bonchev–Trinajstić information content (AvgIpc) is 2.40. The van der Waals surface area contributed by atoms with Gasteiger partial charge in [0.15, 0.2) is 0 Å². The molecule has 0 radical (unpaired) electrons. The molecule has 1 aromatic carbocycles. The lowest BCUT2D eigenvalue weighted by Crippen LogP contribution is -2.01. The van der Waals surface area contributed by atoms with Gasteiger partial charge in [-0.3, -0.25) is 0 Å². The van der Waals surface area contributed by atoms with Crippen LogP contribution >= 0.6 is 31.9 Å². The second kappa shape index (κ2) is 6.48. The minimum absolute atomic E-state index is 0.803. The van der Waals surface area contributed by atoms with E-state index in [2.05, 4.69) is 66.2 Å². The summed E-state index contributed by atoms with van der Waals surface area (Å²) in [6, 6.07) is 8.10. The highest BCUT2D eigenvalue weighted by Crippen LogP contribution is 2.25. The van der Waals surface area contributed by atoms with E-state index in [0.717, 1.165) is 39.2 Å². The Hall–Kier alpha value is -0.940. The molecule has 0 saturated heterocycles. The summed E-state index contributed by atoms with van der Waals surface area (Å²) in [6.45, 7) is 4.18. The van der Waals surface area contributed by atoms with Crippen LogP contribution in [0.2, 0.25) is 0 Å². The summed E-state index contributed by atoms with van der Waals surface area (Å²) in [5.41, 5.74) is 2.33. The minimum Gasteiger partial charge on any atom is -0.340 e. The van der Waals surface area contributed by atoms with Crippen LogP contribution in [0.4, 0.5) is 11.5 Å². The number of nitrogens with one attached hydrogen (secondary N) is 1. The Kier molecular flexibility index (Phi) is 4.93. The number of halogens is 2. The molecule has 100 valence electrons. The number of hydrogen-bond donors (Lipinski definition) is 1. The van der Waals surface area contributed by atoms with Crippen LogP contribution in [0.25, 0.3) is 0 Å². The average molecular weight is 385 g/mol. The summed E-state index contributed by atoms with van der Waals surface area (Å²) in [4.78, 5) is 8.79. The van der Waals surface area contributed by atoms with Crippen LogP contribution in [-0.4, -0.2) is 9.97 Å². The third kappa shape index (κ3) is 3.76. The maximum absolute atomic E-state index is 4.48. The molecule has 0 aliphatic carbocycles. The third-order valence-corrected chi connectivity index (χ3v) is 3.67. The molecule has 0 fully saturated rings. The topological polar surface area (TPSA) is 37.8 Å². The van der Waals surface area contributed by atoms with Gasteiger partial charge in [0, 0.05) is 22.6 Å². The van der Waals surface area contributed by atoms with Gasteiger partial charge in [0.2, 0.25) is 0 Å². The summed E-state index contributed by atoms with van der Waals surface area (Å²) < 4.78 is 1.89. The van der Waals surface area contributed by atoms with Gasteiger partial charge in [-0.05, 0) is 46.1 Å². The van der Waals surface area contributed by atoms with Crippen LogP contribution < -0.4 is 5.32 Å². The number of aromatic nitrogens is 2. The Labute approximate surface area is 130 Å². The van der Waals surface area contributed by atoms with Crippen LogP contribution in [-0.2, 0) is 12.8 Å². The van der Waals surface area contributed by atoms with Crippen LogP contribution in [0.5, 0.6) is 0 Å². The quantitative estimate of drug-likeness (QED) is 0.764. The summed E-state index contributed by atoms with van der Waals surface area (Å²) in [6.07, 6.45) is 1.78. The van der Waals surface area contributed by atoms with E-state index in [9.17, 15) is 0 Å². The second-order valence-corrected chi connectivity index (χ2v) is 5.85. The predicted molar refractivity (Wildman–Crippen MR) is 85.9 cm³/mol. The normalized spacial score (nSPS) is 10.5. The monoisotopic (exact) mass is 383 g/mol. The Morgan fingerprint density at radius 2 is 1.84 bits per heavy atom. The van der Waals surface area contributed by atoms with Crippen LogP contribution in [0.15, 0.2) is 33.3 Å². The predicted octanol–water partition coefficient (Wildman–Crippen LogP) is 4.87. The number of hydrogen-bond acceptors (Lipinski definition) is 3. The number of aryl methyl sites for hydroxylation is 2. The first-order chi connectivity index (χ1) is 9.12. The SMILES string of the molecule is CCc1nc(Br)cc(Nc2ccc(Br)cc2CC)n1. The first-order valence-corrected chi connectivity index (χ1v) is 7.80. The van der Waals surface area contributed by atoms with Gasteiger partial charge in [-0.25, -0.2) is 9.97 Å². The van der Waals surface area contributed by atoms with Gasteiger partial charge in [-0.2, -0.15) is 0 Å². The molecule has 0 unspecified atom stereocenters. The van der Waals surface area contributed by atoms with Crippen molar-refractivity contribution < 1.29 is 0 Å². The first kappa shape index (κ1) is 14.5. The fourth-order valence-electron chi connectivity index (χ4n) is 1.80. The highest BCUT2D eigenvalue weighted by molar-refractivity contribution is 9.10. The number of benzene rings is 1. The van der Waals surface area contributed by atoms with Crippen molar-refractivity contribution in [1.29, 1.82) is 0 Å². The number of rotatable bonds is 4. The zero-order valence-corrected chi connectivity index (χ0v) is 14.0. The molecule has 1 N–H and O–H groups in total. The standard InChI is InChI=1S/C14H15Br2N3/c1-3-9-7-10(15)5-6-11(9)17-14-8-12(16)18-13(4-2)19-14/h5-8H,3-4H2,1-2H3,(H,17,18,19). The van der Waals surface area contributed by atoms with E-state index in [1.807, 2.05) is 19.1 Å². The molecule has 19 heavy (non-hydrogen) atoms. The molecular weight excluding hydrogens is 370 g/mol. The van der Waals surface area contributed by atoms with E-state index in [4.69, 9.17) is 0 Å². The van der Waals surface area contributed by atoms with Gasteiger partial charge in [0.25, 0.3) is 0 Å². The Morgan fingerprint density at radius 1 is 1.05 bits per heavy atom. The van der Waals surface area contributed by atoms with Crippen molar-refractivity contribution in [2.75, 3.05) is 5.32 Å². The van der Waals surface area contributed by atoms with E-state index < -0.39 is 0 Å². The van der Waals surface area contributed by atoms with Gasteiger partial charge < -0.3 is 5.32 Å². The van der Waals surface area contributed by atoms with Crippen molar-refractivity contribution in [3.63, 3.8) is 0 Å². The fourth-order valence-corrected chi connectivity index (χ4v) is 2.63. The van der Waals surface area contributed by atoms with E-state index in [0.29, 0.717) is 0 Å². The summed E-state index contributed by atoms with van der Waals surface area (Å²) in [5, 5.41) is 3.36. The van der Waals surface area contributed by atoms with Gasteiger partial charge >= 0.3 is 0 Å². The molecule has 0 amide bonds. The first-order valence-electron chi connectivity index (χ1n) is 6.21. The molecule has 2 rings (SSSR count). The molecule has 2 aromatic rings. The van der Waals surface area contributed by atoms with Crippen molar-refractivity contribution in [2.45, 2.75) is 26.7 Å². The van der Waals surface area contributed by atoms with Gasteiger partial charge in [-0.1, -0.05) is 29.8 Å². The molecule has 1 aromatic heterocycles. The van der Waals surface area contributed by atoms with Crippen molar-refractivity contribution in [3.8, 4) is 0 Å². The zero-order chi connectivity index (χ0) is 13.8. The van der Waals surface area contributed by atoms with Gasteiger partial charge in [0.05, 0.1) is 0 Å². The summed E-state index contributed by atoms with van der Waals surface area (Å²) in [7, 11) is 0. The molecule has 0 aliphatic rings. The summed E-state index contributed by atoms with van der Waals surface area (Å²) >= 11 is 6.91. The van der Waals surface area contributed by atoms with E-state index in [1.54, 1.807) is 0 Å². The molecule has 3 nitrogen and oxygen atoms in total. The van der Waals surface area contributed by atoms with E-state index >= 15 is 0 Å². The van der Waals surface area contributed by atoms with Crippen molar-refractivity contribution in [3.05, 3.63) is 44.7 Å². The van der Waals surface area contributed by atoms with Gasteiger partial charge in [0.1, 0.15) is 16.2 Å². The van der Waals surface area contributed by atoms with E-state index in [-0.39, 0.29) is 0 Å². The minimum atomic E-state index is 0.803. The third-order valence-electron chi connectivity index (χ3n) is 2.77. The van der Waals surface area contributed by atoms with Crippen LogP contribution in [0, 0.1) is 0 Å². The Morgan fingerprint density at radius 3 is 2.53 bits per heavy atom. The second-order valence-electron chi connectivity index (χ2n) is 4.13. The molecule has 0 aliphatic heterocycles. The highest BCUT2D eigenvalue weighted by atomic mass is 79.9. The Bertz CT molecular complexity index is 585. The molecule has 0 bridgehead atoms. The molecular formula is C14H15Br2N3. The molecule has 0 atom stereocenters. The molecule has 0 spiro atoms. The lowest BCUT2D eigenvalue weighted by Gasteiger charge is -2.11. The smallest absolute Gasteiger partial charge is 0.135 e. The molecule has 0 saturated carbocycles. The lowest BCUT2D eigenvalue weighted by atomic mass is 10.1. The van der Waals surface area contributed by atoms with Crippen molar-refractivity contribution >= 4 is 43.4 Å². The number of nitrogens with zero attached hydrogens (tertiary/aromatic N) is 2. The van der Waals surface area contributed by atoms with Gasteiger partial charge in [-0.15, -0.1) is 0 Å². The lowest BCUT2D eigenvalue weighted by molar-refractivity contribution is 0.931. The maximum atomic E-state index is 4.48. The Balaban J connectivity index is 2.33. The fraction of sp³-hybridized carbons (Fsp3) is 0.286. The number of anilines is 2. The van der Waals surface area contributed by atoms with Crippen molar-refractivity contribution in [1.82, 2.24) is 9.97 Å². The summed E-state index contributed by atoms with van der Waals surface area (Å²) in [5.74, 6) is 1.64. The molecule has 1 heterocycles. The maximum Gasteiger partial charge on any atom is 0.135 e. The van der Waals surface area contributed by atoms with Crippen LogP contribution in [0.3, 0.4) is 0 Å². The van der Waals surface area contributed by atoms with E-state index in [1.165, 1.54) is 5.56 Å². The zero-order valence-electron chi connectivity index (χ0n) is 10.9. The largest absolute Gasteiger partial charge is 0.340 e. The highest BCUT2D eigenvalue weighted by Gasteiger charge is 2.05. The van der Waals surface area contributed by atoms with Crippen molar-refractivity contribution in [2.24, 2.45) is 0 Å². The van der Waals surface area contributed by atoms with Crippen LogP contribution in [0.1, 0.15) is 25.2 Å². The molecule has 5 heteroatoms.